The maximum Gasteiger partial charge on any atom is 0.134 e. The van der Waals surface area contributed by atoms with E-state index in [1.165, 1.54) is 11.1 Å². The lowest BCUT2D eigenvalue weighted by atomic mass is 9.91. The molecule has 146 valence electrons. The number of aliphatic hydroxyl groups is 2. The van der Waals surface area contributed by atoms with Crippen molar-refractivity contribution in [1.29, 1.82) is 0 Å². The molecular weight excluding hydrogens is 340 g/mol. The highest BCUT2D eigenvalue weighted by Crippen LogP contribution is 2.28. The Morgan fingerprint density at radius 3 is 2.63 bits per heavy atom. The zero-order chi connectivity index (χ0) is 19.6. The average Bonchev–Trinajstić information content (AvgIpc) is 2.64. The molecule has 0 aliphatic carbocycles. The minimum atomic E-state index is -0.820. The number of aromatic nitrogens is 2. The minimum Gasteiger partial charge on any atom is -0.394 e. The Labute approximate surface area is 161 Å². The Morgan fingerprint density at radius 2 is 1.96 bits per heavy atom. The highest BCUT2D eigenvalue weighted by Gasteiger charge is 2.22. The molecule has 0 spiro atoms. The zero-order valence-corrected chi connectivity index (χ0v) is 16.6. The number of fused-ring (bicyclic) bond motifs is 1. The second-order valence-electron chi connectivity index (χ2n) is 8.15. The Balaban J connectivity index is 1.76. The van der Waals surface area contributed by atoms with Crippen LogP contribution in [0.25, 0.3) is 0 Å². The Hall–Kier alpha value is -2.18. The van der Waals surface area contributed by atoms with Gasteiger partial charge in [-0.1, -0.05) is 32.0 Å². The van der Waals surface area contributed by atoms with E-state index in [-0.39, 0.29) is 12.6 Å². The Morgan fingerprint density at radius 1 is 1.19 bits per heavy atom. The van der Waals surface area contributed by atoms with Crippen LogP contribution in [-0.2, 0) is 18.6 Å². The molecule has 27 heavy (non-hydrogen) atoms. The quantitative estimate of drug-likeness (QED) is 0.725. The van der Waals surface area contributed by atoms with Crippen molar-refractivity contribution in [2.24, 2.45) is 5.92 Å². The fraction of sp³-hybridized carbons (Fsp3) is 0.524. The van der Waals surface area contributed by atoms with Crippen molar-refractivity contribution in [3.8, 4) is 0 Å². The van der Waals surface area contributed by atoms with Crippen LogP contribution in [0, 0.1) is 5.92 Å². The topological polar surface area (TPSA) is 81.5 Å². The number of nitrogens with one attached hydrogen (secondary N) is 1. The van der Waals surface area contributed by atoms with Crippen molar-refractivity contribution in [1.82, 2.24) is 9.97 Å². The molecule has 0 fully saturated rings. The predicted octanol–water partition coefficient (Wildman–Crippen LogP) is 2.70. The molecule has 1 aromatic heterocycles. The summed E-state index contributed by atoms with van der Waals surface area (Å²) in [7, 11) is 0. The Kier molecular flexibility index (Phi) is 5.67. The summed E-state index contributed by atoms with van der Waals surface area (Å²) in [6.07, 6.45) is 2.48. The summed E-state index contributed by atoms with van der Waals surface area (Å²) in [5, 5.41) is 23.1. The molecular formula is C21H30N4O2. The molecule has 0 bridgehead atoms. The van der Waals surface area contributed by atoms with Gasteiger partial charge in [0.2, 0.25) is 0 Å². The summed E-state index contributed by atoms with van der Waals surface area (Å²) >= 11 is 0. The maximum absolute atomic E-state index is 10.2. The van der Waals surface area contributed by atoms with E-state index in [2.05, 4.69) is 46.2 Å². The maximum atomic E-state index is 10.2. The monoisotopic (exact) mass is 370 g/mol. The van der Waals surface area contributed by atoms with Crippen LogP contribution in [0.5, 0.6) is 0 Å². The van der Waals surface area contributed by atoms with Crippen LogP contribution in [0.4, 0.5) is 11.6 Å². The summed E-state index contributed by atoms with van der Waals surface area (Å²) in [5.41, 5.74) is 2.68. The fourth-order valence-electron chi connectivity index (χ4n) is 3.34. The number of nitrogens with zero attached hydrogens (tertiary/aromatic N) is 3. The molecule has 2 heterocycles. The van der Waals surface area contributed by atoms with E-state index in [1.807, 2.05) is 26.0 Å². The van der Waals surface area contributed by atoms with E-state index < -0.39 is 5.60 Å². The van der Waals surface area contributed by atoms with E-state index >= 15 is 0 Å². The highest BCUT2D eigenvalue weighted by molar-refractivity contribution is 5.51. The molecule has 1 atom stereocenters. The third-order valence-electron chi connectivity index (χ3n) is 5.24. The van der Waals surface area contributed by atoms with Crippen molar-refractivity contribution in [3.63, 3.8) is 0 Å². The first-order valence-electron chi connectivity index (χ1n) is 9.57. The number of rotatable bonds is 6. The summed E-state index contributed by atoms with van der Waals surface area (Å²) in [6, 6.07) is 8.14. The Bertz CT molecular complexity index is 786. The molecule has 0 saturated carbocycles. The molecule has 0 saturated heterocycles. The smallest absolute Gasteiger partial charge is 0.134 e. The lowest BCUT2D eigenvalue weighted by Gasteiger charge is -2.31. The van der Waals surface area contributed by atoms with E-state index in [0.29, 0.717) is 5.92 Å². The van der Waals surface area contributed by atoms with Crippen molar-refractivity contribution in [2.75, 3.05) is 23.4 Å². The van der Waals surface area contributed by atoms with Crippen molar-refractivity contribution >= 4 is 11.6 Å². The molecule has 3 rings (SSSR count). The van der Waals surface area contributed by atoms with Gasteiger partial charge >= 0.3 is 0 Å². The third kappa shape index (κ3) is 4.57. The van der Waals surface area contributed by atoms with Crippen molar-refractivity contribution in [2.45, 2.75) is 52.3 Å². The van der Waals surface area contributed by atoms with E-state index in [4.69, 9.17) is 0 Å². The van der Waals surface area contributed by atoms with Gasteiger partial charge in [0.25, 0.3) is 0 Å². The molecule has 6 nitrogen and oxygen atoms in total. The molecule has 0 unspecified atom stereocenters. The fourth-order valence-corrected chi connectivity index (χ4v) is 3.34. The molecule has 1 aliphatic rings. The van der Waals surface area contributed by atoms with Crippen molar-refractivity contribution in [3.05, 3.63) is 47.3 Å². The minimum absolute atomic E-state index is 0.0323. The predicted molar refractivity (Wildman–Crippen MR) is 108 cm³/mol. The zero-order valence-electron chi connectivity index (χ0n) is 16.6. The molecule has 0 amide bonds. The van der Waals surface area contributed by atoms with Gasteiger partial charge in [-0.3, -0.25) is 0 Å². The first-order valence-corrected chi connectivity index (χ1v) is 9.57. The number of aliphatic hydroxyl groups excluding tert-OH is 1. The van der Waals surface area contributed by atoms with Gasteiger partial charge < -0.3 is 20.4 Å². The molecule has 1 aliphatic heterocycles. The van der Waals surface area contributed by atoms with Gasteiger partial charge in [0.15, 0.2) is 0 Å². The molecule has 1 aromatic carbocycles. The summed E-state index contributed by atoms with van der Waals surface area (Å²) in [4.78, 5) is 11.0. The van der Waals surface area contributed by atoms with Crippen LogP contribution >= 0.6 is 0 Å². The van der Waals surface area contributed by atoms with Crippen molar-refractivity contribution < 1.29 is 10.2 Å². The van der Waals surface area contributed by atoms with Gasteiger partial charge in [-0.2, -0.15) is 0 Å². The third-order valence-corrected chi connectivity index (χ3v) is 5.24. The normalized spacial score (nSPS) is 15.6. The van der Waals surface area contributed by atoms with Gasteiger partial charge in [-0.15, -0.1) is 0 Å². The first-order chi connectivity index (χ1) is 12.8. The molecule has 0 radical (unpaired) electrons. The van der Waals surface area contributed by atoms with Crippen LogP contribution in [0.2, 0.25) is 0 Å². The second-order valence-corrected chi connectivity index (χ2v) is 8.15. The number of benzene rings is 1. The van der Waals surface area contributed by atoms with Gasteiger partial charge in [-0.25, -0.2) is 9.97 Å². The summed E-state index contributed by atoms with van der Waals surface area (Å²) < 4.78 is 0. The SMILES string of the molecule is CC(C)[C@@H](CO)Nc1cc(N2CCc3cc(C(C)(C)O)ccc3C2)ncn1. The lowest BCUT2D eigenvalue weighted by molar-refractivity contribution is 0.0785. The van der Waals surface area contributed by atoms with Crippen LogP contribution in [0.15, 0.2) is 30.6 Å². The van der Waals surface area contributed by atoms with Crippen LogP contribution in [0.1, 0.15) is 44.4 Å². The lowest BCUT2D eigenvalue weighted by Crippen LogP contribution is -2.32. The number of hydrogen-bond acceptors (Lipinski definition) is 6. The first kappa shape index (κ1) is 19.6. The second kappa shape index (κ2) is 7.82. The average molecular weight is 370 g/mol. The van der Waals surface area contributed by atoms with E-state index in [9.17, 15) is 10.2 Å². The molecule has 3 N–H and O–H groups in total. The van der Waals surface area contributed by atoms with Gasteiger partial charge in [0.05, 0.1) is 18.2 Å². The van der Waals surface area contributed by atoms with E-state index in [1.54, 1.807) is 6.33 Å². The van der Waals surface area contributed by atoms with Crippen LogP contribution < -0.4 is 10.2 Å². The molecule has 2 aromatic rings. The molecule has 6 heteroatoms. The summed E-state index contributed by atoms with van der Waals surface area (Å²) in [5.74, 6) is 1.92. The standard InChI is InChI=1S/C21H30N4O2/c1-14(2)18(12-26)24-19-10-20(23-13-22-19)25-8-7-15-9-17(21(3,4)27)6-5-16(15)11-25/h5-6,9-10,13-14,18,26-27H,7-8,11-12H2,1-4H3,(H,22,23,24)/t18-/m1/s1. The van der Waals surface area contributed by atoms with Gasteiger partial charge in [-0.05, 0) is 42.9 Å². The van der Waals surface area contributed by atoms with E-state index in [0.717, 1.165) is 36.7 Å². The summed E-state index contributed by atoms with van der Waals surface area (Å²) in [6.45, 7) is 9.49. The number of anilines is 2. The highest BCUT2D eigenvalue weighted by atomic mass is 16.3. The largest absolute Gasteiger partial charge is 0.394 e. The van der Waals surface area contributed by atoms with Gasteiger partial charge in [0, 0.05) is 19.2 Å². The van der Waals surface area contributed by atoms with Gasteiger partial charge in [0.1, 0.15) is 18.0 Å². The van der Waals surface area contributed by atoms with Crippen LogP contribution in [-0.4, -0.2) is 39.4 Å². The van der Waals surface area contributed by atoms with Crippen LogP contribution in [0.3, 0.4) is 0 Å². The number of hydrogen-bond donors (Lipinski definition) is 3.